The van der Waals surface area contributed by atoms with Gasteiger partial charge in [-0.2, -0.15) is 0 Å². The smallest absolute Gasteiger partial charge is 0.306 e. The van der Waals surface area contributed by atoms with Crippen LogP contribution in [0.25, 0.3) is 0 Å². The fourth-order valence-corrected chi connectivity index (χ4v) is 6.78. The molecule has 2 heterocycles. The molecule has 0 aliphatic carbocycles. The summed E-state index contributed by atoms with van der Waals surface area (Å²) in [7, 11) is 0. The minimum Gasteiger partial charge on any atom is -0.457 e. The first-order valence-corrected chi connectivity index (χ1v) is 22.9. The minimum absolute atomic E-state index is 0.0481. The summed E-state index contributed by atoms with van der Waals surface area (Å²) in [5.41, 5.74) is 0. The molecule has 2 aliphatic heterocycles. The van der Waals surface area contributed by atoms with Crippen molar-refractivity contribution in [2.45, 2.75) is 197 Å². The first-order chi connectivity index (χ1) is 29.6. The van der Waals surface area contributed by atoms with Gasteiger partial charge in [-0.3, -0.25) is 4.79 Å². The van der Waals surface area contributed by atoms with Gasteiger partial charge in [-0.15, -0.1) is 0 Å². The molecule has 2 saturated heterocycles. The summed E-state index contributed by atoms with van der Waals surface area (Å²) in [5.74, 6) is -0.398. The fraction of sp³-hybridized carbons (Fsp3) is 0.766. The van der Waals surface area contributed by atoms with Crippen LogP contribution in [0, 0.1) is 0 Å². The van der Waals surface area contributed by atoms with Gasteiger partial charge in [0.1, 0.15) is 54.9 Å². The maximum Gasteiger partial charge on any atom is 0.306 e. The Morgan fingerprint density at radius 1 is 0.557 bits per heavy atom. The number of aliphatic hydroxyl groups is 7. The SMILES string of the molecule is CC/C=C\C/C=C\C/C=C\C/C=C\C/C=C\CCCCCCCCOCC(COC1OC(COC2OC(CO)C(O)C(O)C2O)C(O)C(O)C1O)OC(=O)CCCCCCC. The largest absolute Gasteiger partial charge is 0.457 e. The maximum absolute atomic E-state index is 12.7. The zero-order chi connectivity index (χ0) is 44.5. The number of rotatable bonds is 34. The summed E-state index contributed by atoms with van der Waals surface area (Å²) in [5, 5.41) is 71.7. The predicted octanol–water partition coefficient (Wildman–Crippen LogP) is 5.40. The van der Waals surface area contributed by atoms with E-state index in [-0.39, 0.29) is 19.6 Å². The predicted molar refractivity (Wildman–Crippen MR) is 233 cm³/mol. The van der Waals surface area contributed by atoms with Crippen molar-refractivity contribution in [1.82, 2.24) is 0 Å². The molecule has 11 atom stereocenters. The Morgan fingerprint density at radius 3 is 1.67 bits per heavy atom. The molecule has 2 rings (SSSR count). The Hall–Kier alpha value is -2.31. The summed E-state index contributed by atoms with van der Waals surface area (Å²) in [4.78, 5) is 12.7. The summed E-state index contributed by atoms with van der Waals surface area (Å²) in [6.07, 6.45) is 23.5. The zero-order valence-corrected chi connectivity index (χ0v) is 36.9. The molecule has 0 aromatic rings. The van der Waals surface area contributed by atoms with Crippen LogP contribution in [0.3, 0.4) is 0 Å². The second kappa shape index (κ2) is 35.1. The lowest BCUT2D eigenvalue weighted by Gasteiger charge is -2.42. The number of unbranched alkanes of at least 4 members (excludes halogenated alkanes) is 10. The van der Waals surface area contributed by atoms with Crippen LogP contribution in [-0.4, -0.2) is 142 Å². The molecule has 0 aromatic carbocycles. The molecule has 2 aliphatic rings. The number of esters is 1. The van der Waals surface area contributed by atoms with Gasteiger partial charge in [0.15, 0.2) is 12.6 Å². The number of hydrogen-bond acceptors (Lipinski definition) is 14. The average Bonchev–Trinajstić information content (AvgIpc) is 3.25. The Kier molecular flexibility index (Phi) is 31.5. The van der Waals surface area contributed by atoms with Gasteiger partial charge in [0, 0.05) is 13.0 Å². The molecule has 0 radical (unpaired) electrons. The average molecular weight is 869 g/mol. The minimum atomic E-state index is -1.71. The van der Waals surface area contributed by atoms with Crippen LogP contribution in [0.1, 0.15) is 129 Å². The standard InChI is InChI=1S/C47H80O14/c1-3-5-7-9-10-11-12-13-14-15-16-17-18-19-20-21-22-23-24-25-27-29-31-56-33-36(59-39(49)30-28-26-8-6-4-2)34-57-46-45(55)43(53)41(51)38(61-46)35-58-47-44(54)42(52)40(50)37(32-48)60-47/h5,7,10-11,13-14,16-17,19-20,36-38,40-48,50-55H,3-4,6,8-9,12,15,18,21-35H2,1-2H3/b7-5-,11-10-,14-13-,17-16-,20-19-. The number of carbonyl (C=O) groups is 1. The van der Waals surface area contributed by atoms with Crippen molar-refractivity contribution in [1.29, 1.82) is 0 Å². The molecule has 2 fully saturated rings. The molecule has 352 valence electrons. The van der Waals surface area contributed by atoms with E-state index in [9.17, 15) is 40.5 Å². The highest BCUT2D eigenvalue weighted by Crippen LogP contribution is 2.26. The summed E-state index contributed by atoms with van der Waals surface area (Å²) in [6, 6.07) is 0. The molecule has 14 nitrogen and oxygen atoms in total. The maximum atomic E-state index is 12.7. The number of carbonyl (C=O) groups excluding carboxylic acids is 1. The number of ether oxygens (including phenoxy) is 6. The van der Waals surface area contributed by atoms with Crippen LogP contribution in [0.4, 0.5) is 0 Å². The number of allylic oxidation sites excluding steroid dienone is 10. The third-order valence-corrected chi connectivity index (χ3v) is 10.5. The molecule has 0 bridgehead atoms. The van der Waals surface area contributed by atoms with Crippen molar-refractivity contribution in [3.8, 4) is 0 Å². The highest BCUT2D eigenvalue weighted by Gasteiger charge is 2.47. The Labute approximate surface area is 364 Å². The van der Waals surface area contributed by atoms with Gasteiger partial charge < -0.3 is 64.2 Å². The second-order valence-electron chi connectivity index (χ2n) is 15.8. The Bertz CT molecular complexity index is 1240. The quantitative estimate of drug-likeness (QED) is 0.0245. The van der Waals surface area contributed by atoms with Gasteiger partial charge in [-0.05, 0) is 57.8 Å². The molecule has 7 N–H and O–H groups in total. The van der Waals surface area contributed by atoms with Gasteiger partial charge in [-0.1, -0.05) is 126 Å². The van der Waals surface area contributed by atoms with E-state index < -0.39 is 86.7 Å². The summed E-state index contributed by atoms with van der Waals surface area (Å²) in [6.45, 7) is 3.40. The van der Waals surface area contributed by atoms with E-state index in [1.54, 1.807) is 0 Å². The van der Waals surface area contributed by atoms with Crippen LogP contribution in [0.15, 0.2) is 60.8 Å². The lowest BCUT2D eigenvalue weighted by atomic mass is 9.98. The van der Waals surface area contributed by atoms with Crippen LogP contribution < -0.4 is 0 Å². The monoisotopic (exact) mass is 869 g/mol. The van der Waals surface area contributed by atoms with Crippen LogP contribution in [0.2, 0.25) is 0 Å². The van der Waals surface area contributed by atoms with E-state index in [0.29, 0.717) is 13.0 Å². The van der Waals surface area contributed by atoms with Gasteiger partial charge >= 0.3 is 5.97 Å². The third kappa shape index (κ3) is 23.8. The molecular formula is C47H80O14. The highest BCUT2D eigenvalue weighted by atomic mass is 16.7. The Morgan fingerprint density at radius 2 is 1.07 bits per heavy atom. The van der Waals surface area contributed by atoms with Crippen molar-refractivity contribution < 1.29 is 69.0 Å². The molecule has 0 spiro atoms. The third-order valence-electron chi connectivity index (χ3n) is 10.5. The van der Waals surface area contributed by atoms with Gasteiger partial charge in [0.25, 0.3) is 0 Å². The molecule has 0 amide bonds. The summed E-state index contributed by atoms with van der Waals surface area (Å²) < 4.78 is 33.9. The van der Waals surface area contributed by atoms with Crippen molar-refractivity contribution in [2.24, 2.45) is 0 Å². The van der Waals surface area contributed by atoms with E-state index in [2.05, 4.69) is 74.6 Å². The topological polar surface area (TPSA) is 214 Å². The van der Waals surface area contributed by atoms with Gasteiger partial charge in [0.2, 0.25) is 0 Å². The lowest BCUT2D eigenvalue weighted by molar-refractivity contribution is -0.332. The van der Waals surface area contributed by atoms with Crippen LogP contribution >= 0.6 is 0 Å². The van der Waals surface area contributed by atoms with Crippen LogP contribution in [-0.2, 0) is 33.2 Å². The Balaban J connectivity index is 1.71. The van der Waals surface area contributed by atoms with E-state index in [1.165, 1.54) is 6.42 Å². The van der Waals surface area contributed by atoms with E-state index >= 15 is 0 Å². The molecule has 11 unspecified atom stereocenters. The zero-order valence-electron chi connectivity index (χ0n) is 36.9. The fourth-order valence-electron chi connectivity index (χ4n) is 6.78. The van der Waals surface area contributed by atoms with Crippen LogP contribution in [0.5, 0.6) is 0 Å². The second-order valence-corrected chi connectivity index (χ2v) is 15.8. The van der Waals surface area contributed by atoms with Gasteiger partial charge in [0.05, 0.1) is 26.4 Å². The van der Waals surface area contributed by atoms with E-state index in [1.807, 2.05) is 0 Å². The van der Waals surface area contributed by atoms with E-state index in [4.69, 9.17) is 28.4 Å². The first kappa shape index (κ1) is 54.8. The molecule has 61 heavy (non-hydrogen) atoms. The van der Waals surface area contributed by atoms with E-state index in [0.717, 1.165) is 96.3 Å². The normalized spacial score (nSPS) is 28.0. The lowest BCUT2D eigenvalue weighted by Crippen LogP contribution is -2.61. The van der Waals surface area contributed by atoms with Crippen molar-refractivity contribution >= 4 is 5.97 Å². The van der Waals surface area contributed by atoms with Crippen molar-refractivity contribution in [3.63, 3.8) is 0 Å². The van der Waals surface area contributed by atoms with Crippen molar-refractivity contribution in [2.75, 3.05) is 33.0 Å². The molecule has 0 aromatic heterocycles. The molecular weight excluding hydrogens is 789 g/mol. The summed E-state index contributed by atoms with van der Waals surface area (Å²) >= 11 is 0. The highest BCUT2D eigenvalue weighted by molar-refractivity contribution is 5.69. The molecule has 14 heteroatoms. The van der Waals surface area contributed by atoms with Crippen molar-refractivity contribution in [3.05, 3.63) is 60.8 Å². The van der Waals surface area contributed by atoms with Gasteiger partial charge in [-0.25, -0.2) is 0 Å². The number of hydrogen-bond donors (Lipinski definition) is 7. The number of aliphatic hydroxyl groups excluding tert-OH is 7. The molecule has 0 saturated carbocycles. The first-order valence-electron chi connectivity index (χ1n) is 22.9.